The molecular formula is C14H29NO3Si. The summed E-state index contributed by atoms with van der Waals surface area (Å²) in [6.07, 6.45) is 3.16. The minimum absolute atomic E-state index is 0.149. The molecule has 1 aliphatic heterocycles. The van der Waals surface area contributed by atoms with Gasteiger partial charge in [0, 0.05) is 19.2 Å². The van der Waals surface area contributed by atoms with E-state index < -0.39 is 14.4 Å². The van der Waals surface area contributed by atoms with Crippen molar-refractivity contribution in [3.63, 3.8) is 0 Å². The third-order valence-corrected chi connectivity index (χ3v) is 9.13. The summed E-state index contributed by atoms with van der Waals surface area (Å²) >= 11 is 0. The highest BCUT2D eigenvalue weighted by molar-refractivity contribution is 6.74. The Morgan fingerprint density at radius 1 is 1.37 bits per heavy atom. The largest absolute Gasteiger partial charge is 0.465 e. The molecule has 1 heterocycles. The number of nitrogens with zero attached hydrogens (tertiary/aromatic N) is 1. The van der Waals surface area contributed by atoms with Gasteiger partial charge in [-0.15, -0.1) is 0 Å². The summed E-state index contributed by atoms with van der Waals surface area (Å²) in [6.45, 7) is 12.5. The van der Waals surface area contributed by atoms with Gasteiger partial charge in [-0.05, 0) is 43.8 Å². The SMILES string of the molecule is CC(C)(C)[Si](C)(C)OCCC1CCCCN1C(=O)O. The number of carboxylic acid groups (broad SMARTS) is 1. The average Bonchev–Trinajstić information content (AvgIpc) is 2.27. The molecule has 1 N–H and O–H groups in total. The molecule has 0 saturated carbocycles. The molecule has 112 valence electrons. The molecule has 5 heteroatoms. The van der Waals surface area contributed by atoms with E-state index in [2.05, 4.69) is 33.9 Å². The lowest BCUT2D eigenvalue weighted by atomic mass is 10.0. The number of hydrogen-bond donors (Lipinski definition) is 1. The van der Waals surface area contributed by atoms with E-state index in [4.69, 9.17) is 4.43 Å². The lowest BCUT2D eigenvalue weighted by Crippen LogP contribution is -2.45. The summed E-state index contributed by atoms with van der Waals surface area (Å²) in [5.41, 5.74) is 0. The molecule has 0 bridgehead atoms. The first-order valence-corrected chi connectivity index (χ1v) is 10.2. The molecule has 1 unspecified atom stereocenters. The summed E-state index contributed by atoms with van der Waals surface area (Å²) in [5, 5.41) is 9.41. The summed E-state index contributed by atoms with van der Waals surface area (Å²) in [4.78, 5) is 12.8. The van der Waals surface area contributed by atoms with Crippen molar-refractivity contribution in [2.75, 3.05) is 13.2 Å². The van der Waals surface area contributed by atoms with Crippen molar-refractivity contribution in [2.45, 2.75) is 70.6 Å². The van der Waals surface area contributed by atoms with Crippen molar-refractivity contribution in [3.05, 3.63) is 0 Å². The Labute approximate surface area is 118 Å². The van der Waals surface area contributed by atoms with Crippen molar-refractivity contribution < 1.29 is 14.3 Å². The van der Waals surface area contributed by atoms with Crippen LogP contribution >= 0.6 is 0 Å². The van der Waals surface area contributed by atoms with E-state index in [-0.39, 0.29) is 11.1 Å². The molecular weight excluding hydrogens is 258 g/mol. The molecule has 4 nitrogen and oxygen atoms in total. The molecule has 1 fully saturated rings. The molecule has 0 spiro atoms. The Morgan fingerprint density at radius 2 is 2.00 bits per heavy atom. The van der Waals surface area contributed by atoms with Gasteiger partial charge >= 0.3 is 6.09 Å². The highest BCUT2D eigenvalue weighted by Gasteiger charge is 2.37. The molecule has 0 aromatic carbocycles. The topological polar surface area (TPSA) is 49.8 Å². The maximum Gasteiger partial charge on any atom is 0.407 e. The second kappa shape index (κ2) is 6.26. The molecule has 19 heavy (non-hydrogen) atoms. The van der Waals surface area contributed by atoms with Gasteiger partial charge in [-0.1, -0.05) is 20.8 Å². The fourth-order valence-electron chi connectivity index (χ4n) is 2.22. The Hall–Kier alpha value is -0.553. The highest BCUT2D eigenvalue weighted by Crippen LogP contribution is 2.36. The van der Waals surface area contributed by atoms with E-state index in [1.807, 2.05) is 0 Å². The number of carbonyl (C=O) groups is 1. The number of piperidine rings is 1. The number of amides is 1. The van der Waals surface area contributed by atoms with Gasteiger partial charge in [0.25, 0.3) is 0 Å². The van der Waals surface area contributed by atoms with E-state index in [0.29, 0.717) is 13.2 Å². The van der Waals surface area contributed by atoms with Gasteiger partial charge in [0.05, 0.1) is 0 Å². The molecule has 1 aliphatic rings. The van der Waals surface area contributed by atoms with Crippen LogP contribution in [0.2, 0.25) is 18.1 Å². The molecule has 1 atom stereocenters. The highest BCUT2D eigenvalue weighted by atomic mass is 28.4. The lowest BCUT2D eigenvalue weighted by molar-refractivity contribution is 0.0956. The standard InChI is InChI=1S/C14H29NO3Si/c1-14(2,3)19(4,5)18-11-9-12-8-6-7-10-15(12)13(16)17/h12H,6-11H2,1-5H3,(H,16,17). The average molecular weight is 287 g/mol. The molecule has 0 aromatic heterocycles. The molecule has 1 rings (SSSR count). The predicted molar refractivity (Wildman–Crippen MR) is 80.1 cm³/mol. The van der Waals surface area contributed by atoms with Gasteiger partial charge in [-0.25, -0.2) is 4.79 Å². The number of rotatable bonds is 4. The van der Waals surface area contributed by atoms with Crippen LogP contribution in [0.3, 0.4) is 0 Å². The minimum Gasteiger partial charge on any atom is -0.465 e. The van der Waals surface area contributed by atoms with Gasteiger partial charge in [-0.3, -0.25) is 0 Å². The van der Waals surface area contributed by atoms with Crippen LogP contribution < -0.4 is 0 Å². The Morgan fingerprint density at radius 3 is 2.53 bits per heavy atom. The van der Waals surface area contributed by atoms with Crippen molar-refractivity contribution in [3.8, 4) is 0 Å². The van der Waals surface area contributed by atoms with E-state index in [0.717, 1.165) is 25.7 Å². The summed E-state index contributed by atoms with van der Waals surface area (Å²) in [5.74, 6) is 0. The molecule has 0 radical (unpaired) electrons. The van der Waals surface area contributed by atoms with Gasteiger partial charge in [0.15, 0.2) is 8.32 Å². The number of hydrogen-bond acceptors (Lipinski definition) is 2. The molecule has 0 aromatic rings. The second-order valence-corrected chi connectivity index (χ2v) is 11.8. The van der Waals surface area contributed by atoms with E-state index in [1.54, 1.807) is 4.90 Å². The zero-order chi connectivity index (χ0) is 14.7. The number of likely N-dealkylation sites (tertiary alicyclic amines) is 1. The van der Waals surface area contributed by atoms with Crippen LogP contribution in [0.1, 0.15) is 46.5 Å². The third-order valence-electron chi connectivity index (χ3n) is 4.59. The zero-order valence-electron chi connectivity index (χ0n) is 13.0. The van der Waals surface area contributed by atoms with Crippen molar-refractivity contribution >= 4 is 14.4 Å². The predicted octanol–water partition coefficient (Wildman–Crippen LogP) is 3.93. The van der Waals surface area contributed by atoms with Gasteiger partial charge in [-0.2, -0.15) is 0 Å². The van der Waals surface area contributed by atoms with E-state index in [1.165, 1.54) is 0 Å². The Bertz CT molecular complexity index is 312. The second-order valence-electron chi connectivity index (χ2n) is 7.02. The monoisotopic (exact) mass is 287 g/mol. The van der Waals surface area contributed by atoms with Gasteiger partial charge < -0.3 is 14.4 Å². The summed E-state index contributed by atoms with van der Waals surface area (Å²) in [7, 11) is -1.70. The van der Waals surface area contributed by atoms with Gasteiger partial charge in [0.2, 0.25) is 0 Å². The van der Waals surface area contributed by atoms with Crippen LogP contribution in [0.25, 0.3) is 0 Å². The first-order chi connectivity index (χ1) is 8.65. The van der Waals surface area contributed by atoms with Crippen molar-refractivity contribution in [1.82, 2.24) is 4.90 Å². The van der Waals surface area contributed by atoms with E-state index in [9.17, 15) is 9.90 Å². The molecule has 1 amide bonds. The van der Waals surface area contributed by atoms with Crippen LogP contribution in [0, 0.1) is 0 Å². The van der Waals surface area contributed by atoms with Crippen LogP contribution in [0.4, 0.5) is 4.79 Å². The summed E-state index contributed by atoms with van der Waals surface area (Å²) in [6, 6.07) is 0.149. The van der Waals surface area contributed by atoms with Crippen LogP contribution in [-0.2, 0) is 4.43 Å². The first-order valence-electron chi connectivity index (χ1n) is 7.29. The maximum atomic E-state index is 11.2. The fraction of sp³-hybridized carbons (Fsp3) is 0.929. The van der Waals surface area contributed by atoms with E-state index >= 15 is 0 Å². The molecule has 1 saturated heterocycles. The summed E-state index contributed by atoms with van der Waals surface area (Å²) < 4.78 is 6.14. The Balaban J connectivity index is 2.45. The molecule has 0 aliphatic carbocycles. The normalized spacial score (nSPS) is 21.5. The first kappa shape index (κ1) is 16.5. The van der Waals surface area contributed by atoms with Crippen LogP contribution in [-0.4, -0.2) is 43.6 Å². The maximum absolute atomic E-state index is 11.2. The van der Waals surface area contributed by atoms with Crippen LogP contribution in [0.5, 0.6) is 0 Å². The Kier molecular flexibility index (Phi) is 5.44. The zero-order valence-corrected chi connectivity index (χ0v) is 14.0. The lowest BCUT2D eigenvalue weighted by Gasteiger charge is -2.38. The minimum atomic E-state index is -1.70. The fourth-order valence-corrected chi connectivity index (χ4v) is 3.28. The smallest absolute Gasteiger partial charge is 0.407 e. The van der Waals surface area contributed by atoms with Gasteiger partial charge in [0.1, 0.15) is 0 Å². The van der Waals surface area contributed by atoms with Crippen LogP contribution in [0.15, 0.2) is 0 Å². The quantitative estimate of drug-likeness (QED) is 0.797. The third kappa shape index (κ3) is 4.49. The van der Waals surface area contributed by atoms with Crippen molar-refractivity contribution in [2.24, 2.45) is 0 Å². The van der Waals surface area contributed by atoms with Crippen molar-refractivity contribution in [1.29, 1.82) is 0 Å².